The Balaban J connectivity index is 2.77. The van der Waals surface area contributed by atoms with E-state index in [1.165, 1.54) is 0 Å². The van der Waals surface area contributed by atoms with E-state index in [2.05, 4.69) is 10.6 Å². The zero-order valence-electron chi connectivity index (χ0n) is 8.54. The molecule has 0 saturated carbocycles. The van der Waals surface area contributed by atoms with Crippen LogP contribution in [0, 0.1) is 0 Å². The maximum Gasteiger partial charge on any atom is 0.251 e. The highest BCUT2D eigenvalue weighted by atomic mass is 127. The molecule has 0 aromatic heterocycles. The van der Waals surface area contributed by atoms with Crippen LogP contribution in [0.4, 0.5) is 5.69 Å². The van der Waals surface area contributed by atoms with Crippen LogP contribution in [-0.2, 0) is 0 Å². The largest absolute Gasteiger partial charge is 0.363 e. The molecule has 0 bridgehead atoms. The highest BCUT2D eigenvalue weighted by molar-refractivity contribution is 14.1. The van der Waals surface area contributed by atoms with Gasteiger partial charge in [-0.25, -0.2) is 0 Å². The molecular weight excluding hydrogens is 307 g/mol. The first-order chi connectivity index (χ1) is 6.92. The maximum absolute atomic E-state index is 11.2. The summed E-state index contributed by atoms with van der Waals surface area (Å²) in [7, 11) is 1.59. The summed E-state index contributed by atoms with van der Waals surface area (Å²) in [6.07, 6.45) is 0. The third-order valence-electron chi connectivity index (χ3n) is 1.75. The molecule has 5 heteroatoms. The molecule has 0 saturated heterocycles. The van der Waals surface area contributed by atoms with E-state index in [0.29, 0.717) is 5.56 Å². The van der Waals surface area contributed by atoms with Crippen molar-refractivity contribution < 1.29 is 9.90 Å². The number of alkyl halides is 1. The molecule has 1 amide bonds. The minimum atomic E-state index is -0.994. The molecule has 82 valence electrons. The van der Waals surface area contributed by atoms with Crippen LogP contribution in [0.2, 0.25) is 0 Å². The smallest absolute Gasteiger partial charge is 0.251 e. The summed E-state index contributed by atoms with van der Waals surface area (Å²) >= 11 is 1.87. The van der Waals surface area contributed by atoms with E-state index in [1.54, 1.807) is 38.2 Å². The molecule has 1 atom stereocenters. The quantitative estimate of drug-likeness (QED) is 0.343. The predicted octanol–water partition coefficient (Wildman–Crippen LogP) is 1.56. The fourth-order valence-corrected chi connectivity index (χ4v) is 1.42. The number of anilines is 1. The van der Waals surface area contributed by atoms with Gasteiger partial charge in [-0.1, -0.05) is 0 Å². The fraction of sp³-hybridized carbons (Fsp3) is 0.300. The Morgan fingerprint density at radius 2 is 1.93 bits per heavy atom. The zero-order valence-corrected chi connectivity index (χ0v) is 10.7. The highest BCUT2D eigenvalue weighted by Crippen LogP contribution is 2.18. The van der Waals surface area contributed by atoms with Gasteiger partial charge in [0.05, 0.1) is 0 Å². The van der Waals surface area contributed by atoms with Gasteiger partial charge in [0, 0.05) is 18.3 Å². The molecule has 1 aromatic rings. The fourth-order valence-electron chi connectivity index (χ4n) is 1.11. The highest BCUT2D eigenvalue weighted by Gasteiger charge is 2.13. The Hall–Kier alpha value is -0.820. The lowest BCUT2D eigenvalue weighted by atomic mass is 10.2. The van der Waals surface area contributed by atoms with Crippen molar-refractivity contribution in [3.8, 4) is 0 Å². The molecule has 0 radical (unpaired) electrons. The summed E-state index contributed by atoms with van der Waals surface area (Å²) in [5.74, 6) is -0.122. The summed E-state index contributed by atoms with van der Waals surface area (Å²) < 4.78 is -0.994. The lowest BCUT2D eigenvalue weighted by Gasteiger charge is -2.18. The molecule has 0 aliphatic rings. The van der Waals surface area contributed by atoms with Crippen LogP contribution in [0.5, 0.6) is 0 Å². The summed E-state index contributed by atoms with van der Waals surface area (Å²) in [4.78, 5) is 11.2. The number of nitrogens with one attached hydrogen (secondary N) is 2. The minimum absolute atomic E-state index is 0.122. The van der Waals surface area contributed by atoms with E-state index in [9.17, 15) is 9.90 Å². The van der Waals surface area contributed by atoms with Crippen molar-refractivity contribution in [3.05, 3.63) is 29.8 Å². The number of halogens is 1. The second-order valence-electron chi connectivity index (χ2n) is 3.23. The molecule has 0 heterocycles. The Kier molecular flexibility index (Phi) is 3.92. The van der Waals surface area contributed by atoms with Gasteiger partial charge in [0.15, 0.2) is 3.73 Å². The summed E-state index contributed by atoms with van der Waals surface area (Å²) in [6, 6.07) is 6.89. The van der Waals surface area contributed by atoms with Crippen molar-refractivity contribution >= 4 is 34.2 Å². The second-order valence-corrected chi connectivity index (χ2v) is 5.34. The standard InChI is InChI=1S/C10H13IN2O2/c1-10(11,15)13-8-5-3-7(4-6-8)9(14)12-2/h3-6,13,15H,1-2H3,(H,12,14). The summed E-state index contributed by atoms with van der Waals surface area (Å²) in [6.45, 7) is 1.64. The predicted molar refractivity (Wildman–Crippen MR) is 68.1 cm³/mol. The first-order valence-corrected chi connectivity index (χ1v) is 5.52. The summed E-state index contributed by atoms with van der Waals surface area (Å²) in [5.41, 5.74) is 1.36. The number of aliphatic hydroxyl groups is 1. The molecule has 1 unspecified atom stereocenters. The molecule has 1 rings (SSSR count). The van der Waals surface area contributed by atoms with Crippen LogP contribution in [0.3, 0.4) is 0 Å². The van der Waals surface area contributed by atoms with E-state index < -0.39 is 3.73 Å². The van der Waals surface area contributed by atoms with Crippen LogP contribution < -0.4 is 10.6 Å². The lowest BCUT2D eigenvalue weighted by Crippen LogP contribution is -2.25. The average Bonchev–Trinajstić information content (AvgIpc) is 2.15. The maximum atomic E-state index is 11.2. The molecule has 15 heavy (non-hydrogen) atoms. The number of rotatable bonds is 3. The van der Waals surface area contributed by atoms with Crippen LogP contribution in [0.15, 0.2) is 24.3 Å². The Bertz CT molecular complexity index is 343. The Morgan fingerprint density at radius 1 is 1.40 bits per heavy atom. The van der Waals surface area contributed by atoms with E-state index in [1.807, 2.05) is 22.6 Å². The van der Waals surface area contributed by atoms with Crippen molar-refractivity contribution in [1.82, 2.24) is 5.32 Å². The van der Waals surface area contributed by atoms with E-state index in [-0.39, 0.29) is 5.91 Å². The summed E-state index contributed by atoms with van der Waals surface area (Å²) in [5, 5.41) is 14.9. The lowest BCUT2D eigenvalue weighted by molar-refractivity contribution is 0.0963. The first kappa shape index (κ1) is 12.3. The van der Waals surface area contributed by atoms with E-state index in [4.69, 9.17) is 0 Å². The molecule has 0 aliphatic carbocycles. The second kappa shape index (κ2) is 4.80. The van der Waals surface area contributed by atoms with Gasteiger partial charge in [0.1, 0.15) is 0 Å². The van der Waals surface area contributed by atoms with Crippen LogP contribution in [0.25, 0.3) is 0 Å². The molecule has 0 spiro atoms. The van der Waals surface area contributed by atoms with Gasteiger partial charge in [-0.2, -0.15) is 0 Å². The van der Waals surface area contributed by atoms with Crippen LogP contribution >= 0.6 is 22.6 Å². The average molecular weight is 320 g/mol. The minimum Gasteiger partial charge on any atom is -0.363 e. The van der Waals surface area contributed by atoms with Crippen molar-refractivity contribution in [1.29, 1.82) is 0 Å². The zero-order chi connectivity index (χ0) is 11.5. The normalized spacial score (nSPS) is 14.1. The van der Waals surface area contributed by atoms with Crippen molar-refractivity contribution in [2.45, 2.75) is 10.7 Å². The van der Waals surface area contributed by atoms with Gasteiger partial charge >= 0.3 is 0 Å². The third-order valence-corrected chi connectivity index (χ3v) is 2.02. The van der Waals surface area contributed by atoms with E-state index >= 15 is 0 Å². The SMILES string of the molecule is CNC(=O)c1ccc(NC(C)(O)I)cc1. The van der Waals surface area contributed by atoms with Gasteiger partial charge in [0.2, 0.25) is 0 Å². The number of carbonyl (C=O) groups excluding carboxylic acids is 1. The molecule has 0 fully saturated rings. The van der Waals surface area contributed by atoms with Gasteiger partial charge in [0.25, 0.3) is 5.91 Å². The Labute approximate surface area is 102 Å². The number of carbonyl (C=O) groups is 1. The van der Waals surface area contributed by atoms with Crippen molar-refractivity contribution in [2.24, 2.45) is 0 Å². The number of hydrogen-bond acceptors (Lipinski definition) is 3. The van der Waals surface area contributed by atoms with Crippen molar-refractivity contribution in [3.63, 3.8) is 0 Å². The Morgan fingerprint density at radius 3 is 2.33 bits per heavy atom. The van der Waals surface area contributed by atoms with Crippen molar-refractivity contribution in [2.75, 3.05) is 12.4 Å². The van der Waals surface area contributed by atoms with Gasteiger partial charge in [-0.05, 0) is 53.8 Å². The molecule has 0 aliphatic heterocycles. The number of benzene rings is 1. The van der Waals surface area contributed by atoms with Gasteiger partial charge < -0.3 is 15.7 Å². The van der Waals surface area contributed by atoms with Gasteiger partial charge in [-0.15, -0.1) is 0 Å². The molecule has 4 nitrogen and oxygen atoms in total. The van der Waals surface area contributed by atoms with Crippen LogP contribution in [0.1, 0.15) is 17.3 Å². The van der Waals surface area contributed by atoms with E-state index in [0.717, 1.165) is 5.69 Å². The molecular formula is C10H13IN2O2. The topological polar surface area (TPSA) is 61.4 Å². The molecule has 1 aromatic carbocycles. The number of amides is 1. The van der Waals surface area contributed by atoms with Crippen LogP contribution in [-0.4, -0.2) is 21.8 Å². The first-order valence-electron chi connectivity index (χ1n) is 4.44. The molecule has 3 N–H and O–H groups in total. The monoisotopic (exact) mass is 320 g/mol. The van der Waals surface area contributed by atoms with Gasteiger partial charge in [-0.3, -0.25) is 4.79 Å². The third kappa shape index (κ3) is 4.05. The number of hydrogen-bond donors (Lipinski definition) is 3.